The summed E-state index contributed by atoms with van der Waals surface area (Å²) in [7, 11) is 0. The summed E-state index contributed by atoms with van der Waals surface area (Å²) in [4.78, 5) is 16.4. The van der Waals surface area contributed by atoms with Crippen molar-refractivity contribution in [3.63, 3.8) is 0 Å². The van der Waals surface area contributed by atoms with Crippen LogP contribution in [0, 0.1) is 6.92 Å². The Hall–Kier alpha value is -2.16. The molecule has 0 radical (unpaired) electrons. The molecule has 0 bridgehead atoms. The van der Waals surface area contributed by atoms with Crippen LogP contribution in [0.3, 0.4) is 0 Å². The number of carbonyl (C=O) groups is 1. The van der Waals surface area contributed by atoms with E-state index < -0.39 is 0 Å². The van der Waals surface area contributed by atoms with E-state index in [1.54, 1.807) is 12.3 Å². The number of aryl methyl sites for hydroxylation is 1. The van der Waals surface area contributed by atoms with Crippen LogP contribution in [0.25, 0.3) is 0 Å². The minimum atomic E-state index is -0.0709. The van der Waals surface area contributed by atoms with Gasteiger partial charge < -0.3 is 5.73 Å². The van der Waals surface area contributed by atoms with Gasteiger partial charge in [-0.05, 0) is 30.0 Å². The van der Waals surface area contributed by atoms with Crippen LogP contribution in [-0.2, 0) is 0 Å². The topological polar surface area (TPSA) is 56.0 Å². The average Bonchev–Trinajstić information content (AvgIpc) is 2.38. The molecule has 19 heavy (non-hydrogen) atoms. The van der Waals surface area contributed by atoms with Crippen molar-refractivity contribution in [3.8, 4) is 0 Å². The van der Waals surface area contributed by atoms with Gasteiger partial charge in [0.15, 0.2) is 5.78 Å². The Morgan fingerprint density at radius 2 is 1.79 bits per heavy atom. The van der Waals surface area contributed by atoms with Gasteiger partial charge in [0, 0.05) is 11.8 Å². The Bertz CT molecular complexity index is 580. The van der Waals surface area contributed by atoms with Gasteiger partial charge in [-0.3, -0.25) is 4.79 Å². The van der Waals surface area contributed by atoms with Crippen molar-refractivity contribution in [3.05, 3.63) is 58.8 Å². The first-order valence-corrected chi connectivity index (χ1v) is 6.36. The van der Waals surface area contributed by atoms with Gasteiger partial charge in [0.25, 0.3) is 0 Å². The van der Waals surface area contributed by atoms with Crippen molar-refractivity contribution < 1.29 is 4.79 Å². The van der Waals surface area contributed by atoms with E-state index in [1.165, 1.54) is 5.56 Å². The zero-order valence-corrected chi connectivity index (χ0v) is 11.5. The second-order valence-electron chi connectivity index (χ2n) is 4.99. The van der Waals surface area contributed by atoms with E-state index in [1.807, 2.05) is 31.2 Å². The molecule has 0 aliphatic heterocycles. The molecule has 98 valence electrons. The number of rotatable bonds is 3. The van der Waals surface area contributed by atoms with Gasteiger partial charge in [0.1, 0.15) is 5.82 Å². The summed E-state index contributed by atoms with van der Waals surface area (Å²) in [5.41, 5.74) is 9.02. The Balaban J connectivity index is 2.39. The first kappa shape index (κ1) is 13.3. The van der Waals surface area contributed by atoms with E-state index in [0.717, 1.165) is 5.56 Å². The molecule has 1 aromatic carbocycles. The maximum atomic E-state index is 12.4. The van der Waals surface area contributed by atoms with Gasteiger partial charge in [0.2, 0.25) is 0 Å². The lowest BCUT2D eigenvalue weighted by Gasteiger charge is -2.09. The molecule has 2 aromatic rings. The summed E-state index contributed by atoms with van der Waals surface area (Å²) in [5, 5.41) is 0. The molecular weight excluding hydrogens is 236 g/mol. The quantitative estimate of drug-likeness (QED) is 0.855. The third-order valence-electron chi connectivity index (χ3n) is 3.26. The zero-order valence-electron chi connectivity index (χ0n) is 11.5. The molecule has 3 nitrogen and oxygen atoms in total. The Kier molecular flexibility index (Phi) is 3.65. The predicted molar refractivity (Wildman–Crippen MR) is 77.3 cm³/mol. The van der Waals surface area contributed by atoms with E-state index in [0.29, 0.717) is 17.0 Å². The smallest absolute Gasteiger partial charge is 0.196 e. The van der Waals surface area contributed by atoms with Crippen LogP contribution in [0.5, 0.6) is 0 Å². The lowest BCUT2D eigenvalue weighted by atomic mass is 9.96. The predicted octanol–water partition coefficient (Wildman–Crippen LogP) is 3.33. The maximum Gasteiger partial charge on any atom is 0.196 e. The van der Waals surface area contributed by atoms with Crippen molar-refractivity contribution in [2.24, 2.45) is 0 Å². The molecule has 3 heteroatoms. The summed E-state index contributed by atoms with van der Waals surface area (Å²) in [5.74, 6) is 0.672. The van der Waals surface area contributed by atoms with E-state index in [2.05, 4.69) is 18.8 Å². The lowest BCUT2D eigenvalue weighted by molar-refractivity contribution is 0.103. The number of nitrogen functional groups attached to an aromatic ring is 1. The maximum absolute atomic E-state index is 12.4. The van der Waals surface area contributed by atoms with Crippen molar-refractivity contribution >= 4 is 11.6 Å². The fraction of sp³-hybridized carbons (Fsp3) is 0.250. The Labute approximate surface area is 113 Å². The summed E-state index contributed by atoms with van der Waals surface area (Å²) in [6.07, 6.45) is 1.61. The van der Waals surface area contributed by atoms with E-state index in [-0.39, 0.29) is 11.6 Å². The molecule has 0 spiro atoms. The van der Waals surface area contributed by atoms with Crippen LogP contribution in [-0.4, -0.2) is 10.8 Å². The third-order valence-corrected chi connectivity index (χ3v) is 3.26. The number of hydrogen-bond donors (Lipinski definition) is 1. The minimum Gasteiger partial charge on any atom is -0.383 e. The molecular formula is C16H18N2O. The highest BCUT2D eigenvalue weighted by Crippen LogP contribution is 2.20. The van der Waals surface area contributed by atoms with Crippen LogP contribution in [0.15, 0.2) is 36.5 Å². The molecule has 0 amide bonds. The molecule has 1 aromatic heterocycles. The molecule has 0 saturated heterocycles. The van der Waals surface area contributed by atoms with Crippen LogP contribution in [0.2, 0.25) is 0 Å². The zero-order chi connectivity index (χ0) is 14.0. The molecule has 2 rings (SSSR count). The number of pyridine rings is 1. The molecule has 0 saturated carbocycles. The van der Waals surface area contributed by atoms with Gasteiger partial charge in [-0.1, -0.05) is 38.1 Å². The monoisotopic (exact) mass is 254 g/mol. The number of carbonyl (C=O) groups excluding carboxylic acids is 1. The van der Waals surface area contributed by atoms with Gasteiger partial charge in [-0.15, -0.1) is 0 Å². The molecule has 0 fully saturated rings. The molecule has 0 unspecified atom stereocenters. The van der Waals surface area contributed by atoms with Crippen LogP contribution < -0.4 is 5.73 Å². The van der Waals surface area contributed by atoms with Crippen molar-refractivity contribution in [1.29, 1.82) is 0 Å². The molecule has 0 aliphatic carbocycles. The third kappa shape index (κ3) is 2.65. The van der Waals surface area contributed by atoms with E-state index in [9.17, 15) is 4.79 Å². The number of nitrogens with two attached hydrogens (primary N) is 1. The molecule has 1 heterocycles. The van der Waals surface area contributed by atoms with Crippen LogP contribution in [0.4, 0.5) is 5.82 Å². The summed E-state index contributed by atoms with van der Waals surface area (Å²) >= 11 is 0. The molecule has 0 aliphatic rings. The summed E-state index contributed by atoms with van der Waals surface area (Å²) in [6, 6.07) is 9.47. The van der Waals surface area contributed by atoms with E-state index >= 15 is 0 Å². The van der Waals surface area contributed by atoms with Crippen LogP contribution in [0.1, 0.15) is 46.8 Å². The number of aromatic nitrogens is 1. The fourth-order valence-corrected chi connectivity index (χ4v) is 2.04. The molecule has 2 N–H and O–H groups in total. The molecule has 0 atom stereocenters. The SMILES string of the molecule is Cc1ccnc(N)c1C(=O)c1ccc(C(C)C)cc1. The van der Waals surface area contributed by atoms with Crippen molar-refractivity contribution in [2.45, 2.75) is 26.7 Å². The largest absolute Gasteiger partial charge is 0.383 e. The number of hydrogen-bond acceptors (Lipinski definition) is 3. The Morgan fingerprint density at radius 1 is 1.16 bits per heavy atom. The highest BCUT2D eigenvalue weighted by Gasteiger charge is 2.15. The highest BCUT2D eigenvalue weighted by molar-refractivity contribution is 6.12. The number of nitrogens with zero attached hydrogens (tertiary/aromatic N) is 1. The Morgan fingerprint density at radius 3 is 2.32 bits per heavy atom. The van der Waals surface area contributed by atoms with Gasteiger partial charge >= 0.3 is 0 Å². The number of anilines is 1. The second kappa shape index (κ2) is 5.22. The fourth-order valence-electron chi connectivity index (χ4n) is 2.04. The first-order valence-electron chi connectivity index (χ1n) is 6.36. The van der Waals surface area contributed by atoms with E-state index in [4.69, 9.17) is 5.73 Å². The van der Waals surface area contributed by atoms with Gasteiger partial charge in [0.05, 0.1) is 5.56 Å². The average molecular weight is 254 g/mol. The summed E-state index contributed by atoms with van der Waals surface area (Å²) in [6.45, 7) is 6.12. The first-order chi connectivity index (χ1) is 9.00. The standard InChI is InChI=1S/C16H18N2O/c1-10(2)12-4-6-13(7-5-12)15(19)14-11(3)8-9-18-16(14)17/h4-10H,1-3H3,(H2,17,18). The number of benzene rings is 1. The van der Waals surface area contributed by atoms with Gasteiger partial charge in [-0.25, -0.2) is 4.98 Å². The number of ketones is 1. The van der Waals surface area contributed by atoms with Crippen molar-refractivity contribution in [2.75, 3.05) is 5.73 Å². The summed E-state index contributed by atoms with van der Waals surface area (Å²) < 4.78 is 0. The normalized spacial score (nSPS) is 10.7. The second-order valence-corrected chi connectivity index (χ2v) is 4.99. The van der Waals surface area contributed by atoms with Gasteiger partial charge in [-0.2, -0.15) is 0 Å². The van der Waals surface area contributed by atoms with Crippen molar-refractivity contribution in [1.82, 2.24) is 4.98 Å². The lowest BCUT2D eigenvalue weighted by Crippen LogP contribution is -2.09. The highest BCUT2D eigenvalue weighted by atomic mass is 16.1. The van der Waals surface area contributed by atoms with Crippen LogP contribution >= 0.6 is 0 Å². The minimum absolute atomic E-state index is 0.0709.